The van der Waals surface area contributed by atoms with E-state index in [4.69, 9.17) is 27.9 Å². The van der Waals surface area contributed by atoms with Gasteiger partial charge in [-0.05, 0) is 49.7 Å². The highest BCUT2D eigenvalue weighted by Gasteiger charge is 2.43. The van der Waals surface area contributed by atoms with E-state index in [0.717, 1.165) is 0 Å². The predicted octanol–water partition coefficient (Wildman–Crippen LogP) is 3.45. The number of benzene rings is 2. The topological polar surface area (TPSA) is 96.5 Å². The smallest absolute Gasteiger partial charge is 0.322 e. The molecule has 2 aromatic rings. The van der Waals surface area contributed by atoms with E-state index in [2.05, 4.69) is 16.0 Å². The lowest BCUT2D eigenvalue weighted by Gasteiger charge is -2.22. The Hall–Kier alpha value is -2.77. The number of carbonyl (C=O) groups excluding carboxylic acids is 3. The molecule has 1 saturated heterocycles. The van der Waals surface area contributed by atoms with Gasteiger partial charge in [0.25, 0.3) is 11.8 Å². The number of urea groups is 1. The van der Waals surface area contributed by atoms with E-state index in [-0.39, 0.29) is 0 Å². The molecule has 4 amide bonds. The first kappa shape index (κ1) is 20.0. The summed E-state index contributed by atoms with van der Waals surface area (Å²) in [6.45, 7) is 3.17. The molecule has 0 bridgehead atoms. The van der Waals surface area contributed by atoms with Gasteiger partial charge in [-0.2, -0.15) is 0 Å². The summed E-state index contributed by atoms with van der Waals surface area (Å²) >= 11 is 11.9. The molecule has 2 atom stereocenters. The Morgan fingerprint density at radius 1 is 1.18 bits per heavy atom. The molecule has 1 heterocycles. The van der Waals surface area contributed by atoms with Gasteiger partial charge in [-0.1, -0.05) is 35.3 Å². The fraction of sp³-hybridized carbons (Fsp3) is 0.211. The van der Waals surface area contributed by atoms with E-state index in [1.54, 1.807) is 50.2 Å². The van der Waals surface area contributed by atoms with Crippen LogP contribution in [-0.4, -0.2) is 23.9 Å². The number of ether oxygens (including phenoxy) is 1. The largest absolute Gasteiger partial charge is 0.479 e. The van der Waals surface area contributed by atoms with Gasteiger partial charge in [-0.3, -0.25) is 14.9 Å². The van der Waals surface area contributed by atoms with Crippen LogP contribution in [0, 0.1) is 0 Å². The van der Waals surface area contributed by atoms with Gasteiger partial charge in [0.2, 0.25) is 0 Å². The van der Waals surface area contributed by atoms with Crippen molar-refractivity contribution in [2.75, 3.05) is 5.32 Å². The Morgan fingerprint density at radius 3 is 2.57 bits per heavy atom. The van der Waals surface area contributed by atoms with Gasteiger partial charge in [0, 0.05) is 10.7 Å². The van der Waals surface area contributed by atoms with E-state index in [0.29, 0.717) is 27.0 Å². The van der Waals surface area contributed by atoms with Gasteiger partial charge < -0.3 is 15.4 Å². The lowest BCUT2D eigenvalue weighted by atomic mass is 9.92. The second-order valence-corrected chi connectivity index (χ2v) is 7.28. The summed E-state index contributed by atoms with van der Waals surface area (Å²) in [7, 11) is 0. The quantitative estimate of drug-likeness (QED) is 0.643. The van der Waals surface area contributed by atoms with Crippen molar-refractivity contribution in [1.29, 1.82) is 0 Å². The van der Waals surface area contributed by atoms with Crippen LogP contribution in [0.1, 0.15) is 19.4 Å². The average molecular weight is 422 g/mol. The summed E-state index contributed by atoms with van der Waals surface area (Å²) in [5.41, 5.74) is -0.227. The first-order valence-corrected chi connectivity index (χ1v) is 9.11. The van der Waals surface area contributed by atoms with Crippen molar-refractivity contribution >= 4 is 46.7 Å². The minimum Gasteiger partial charge on any atom is -0.479 e. The predicted molar refractivity (Wildman–Crippen MR) is 106 cm³/mol. The lowest BCUT2D eigenvalue weighted by Crippen LogP contribution is -2.40. The zero-order valence-electron chi connectivity index (χ0n) is 15.0. The number of amides is 4. The molecular formula is C19H17Cl2N3O4. The standard InChI is InChI=1S/C19H17Cl2N3O4/c1-10(28-15-7-6-12(20)9-14(15)21)16(25)22-13-5-3-4-11(8-13)19(2)17(26)23-18(27)24-19/h3-10H,1-2H3,(H,22,25)(H2,23,24,26,27). The van der Waals surface area contributed by atoms with Crippen molar-refractivity contribution in [3.63, 3.8) is 0 Å². The molecule has 7 nitrogen and oxygen atoms in total. The number of hydrogen-bond donors (Lipinski definition) is 3. The highest BCUT2D eigenvalue weighted by atomic mass is 35.5. The Kier molecular flexibility index (Phi) is 5.49. The van der Waals surface area contributed by atoms with Crippen LogP contribution >= 0.6 is 23.2 Å². The highest BCUT2D eigenvalue weighted by molar-refractivity contribution is 6.35. The molecule has 3 N–H and O–H groups in total. The molecule has 1 fully saturated rings. The van der Waals surface area contributed by atoms with Gasteiger partial charge in [0.1, 0.15) is 11.3 Å². The molecule has 1 aliphatic rings. The molecular weight excluding hydrogens is 405 g/mol. The number of halogens is 2. The van der Waals surface area contributed by atoms with E-state index in [1.165, 1.54) is 6.07 Å². The maximum absolute atomic E-state index is 12.5. The first-order valence-electron chi connectivity index (χ1n) is 8.36. The van der Waals surface area contributed by atoms with Gasteiger partial charge in [0.05, 0.1) is 5.02 Å². The van der Waals surface area contributed by atoms with Gasteiger partial charge in [-0.15, -0.1) is 0 Å². The average Bonchev–Trinajstić information content (AvgIpc) is 2.90. The molecule has 1 aliphatic heterocycles. The third kappa shape index (κ3) is 4.05. The van der Waals surface area contributed by atoms with E-state index >= 15 is 0 Å². The second-order valence-electron chi connectivity index (χ2n) is 6.44. The van der Waals surface area contributed by atoms with E-state index < -0.39 is 29.5 Å². The molecule has 0 radical (unpaired) electrons. The number of rotatable bonds is 5. The lowest BCUT2D eigenvalue weighted by molar-refractivity contribution is -0.123. The maximum atomic E-state index is 12.5. The first-order chi connectivity index (χ1) is 13.2. The summed E-state index contributed by atoms with van der Waals surface area (Å²) < 4.78 is 5.59. The molecule has 28 heavy (non-hydrogen) atoms. The van der Waals surface area contributed by atoms with Crippen molar-refractivity contribution in [2.45, 2.75) is 25.5 Å². The highest BCUT2D eigenvalue weighted by Crippen LogP contribution is 2.29. The monoisotopic (exact) mass is 421 g/mol. The van der Waals surface area contributed by atoms with Crippen LogP contribution in [0.4, 0.5) is 10.5 Å². The van der Waals surface area contributed by atoms with Gasteiger partial charge in [-0.25, -0.2) is 4.79 Å². The van der Waals surface area contributed by atoms with Gasteiger partial charge in [0.15, 0.2) is 6.10 Å². The molecule has 146 valence electrons. The fourth-order valence-corrected chi connectivity index (χ4v) is 3.17. The SMILES string of the molecule is CC(Oc1ccc(Cl)cc1Cl)C(=O)Nc1cccc(C2(C)NC(=O)NC2=O)c1. The number of anilines is 1. The Morgan fingerprint density at radius 2 is 1.93 bits per heavy atom. The molecule has 0 aromatic heterocycles. The van der Waals surface area contributed by atoms with Crippen molar-refractivity contribution in [2.24, 2.45) is 0 Å². The summed E-state index contributed by atoms with van der Waals surface area (Å²) in [5.74, 6) is -0.538. The third-order valence-electron chi connectivity index (χ3n) is 4.32. The zero-order chi connectivity index (χ0) is 20.5. The normalized spacial score (nSPS) is 19.6. The van der Waals surface area contributed by atoms with E-state index in [1.807, 2.05) is 0 Å². The second kappa shape index (κ2) is 7.69. The van der Waals surface area contributed by atoms with Crippen LogP contribution in [0.5, 0.6) is 5.75 Å². The molecule has 3 rings (SSSR count). The van der Waals surface area contributed by atoms with Crippen LogP contribution in [0.3, 0.4) is 0 Å². The number of imide groups is 1. The summed E-state index contributed by atoms with van der Waals surface area (Å²) in [4.78, 5) is 36.0. The minimum absolute atomic E-state index is 0.296. The van der Waals surface area contributed by atoms with Crippen LogP contribution in [0.15, 0.2) is 42.5 Å². The maximum Gasteiger partial charge on any atom is 0.322 e. The molecule has 9 heteroatoms. The molecule has 0 saturated carbocycles. The number of carbonyl (C=O) groups is 3. The zero-order valence-corrected chi connectivity index (χ0v) is 16.5. The minimum atomic E-state index is -1.21. The summed E-state index contributed by atoms with van der Waals surface area (Å²) in [6, 6.07) is 10.8. The fourth-order valence-electron chi connectivity index (χ4n) is 2.71. The molecule has 0 spiro atoms. The van der Waals surface area contributed by atoms with Crippen molar-refractivity contribution < 1.29 is 19.1 Å². The molecule has 0 aliphatic carbocycles. The Balaban J connectivity index is 1.72. The van der Waals surface area contributed by atoms with Crippen LogP contribution in [0.25, 0.3) is 0 Å². The van der Waals surface area contributed by atoms with Crippen LogP contribution < -0.4 is 20.7 Å². The number of nitrogens with one attached hydrogen (secondary N) is 3. The van der Waals surface area contributed by atoms with Crippen molar-refractivity contribution in [1.82, 2.24) is 10.6 Å². The molecule has 2 aromatic carbocycles. The van der Waals surface area contributed by atoms with E-state index in [9.17, 15) is 14.4 Å². The number of hydrogen-bond acceptors (Lipinski definition) is 4. The van der Waals surface area contributed by atoms with Crippen molar-refractivity contribution in [3.05, 3.63) is 58.1 Å². The Labute approximate surface area is 171 Å². The van der Waals surface area contributed by atoms with Crippen LogP contribution in [0.2, 0.25) is 10.0 Å². The summed E-state index contributed by atoms with van der Waals surface area (Å²) in [6.07, 6.45) is -0.840. The Bertz CT molecular complexity index is 966. The molecule has 2 unspecified atom stereocenters. The third-order valence-corrected chi connectivity index (χ3v) is 4.85. The van der Waals surface area contributed by atoms with Gasteiger partial charge >= 0.3 is 6.03 Å². The summed E-state index contributed by atoms with van der Waals surface area (Å²) in [5, 5.41) is 8.26. The van der Waals surface area contributed by atoms with Crippen LogP contribution in [-0.2, 0) is 15.1 Å². The van der Waals surface area contributed by atoms with Crippen molar-refractivity contribution in [3.8, 4) is 5.75 Å².